The van der Waals surface area contributed by atoms with E-state index in [9.17, 15) is 4.79 Å². The zero-order valence-electron chi connectivity index (χ0n) is 11.1. The van der Waals surface area contributed by atoms with Crippen LogP contribution in [-0.4, -0.2) is 30.3 Å². The first-order chi connectivity index (χ1) is 7.18. The molecule has 0 bridgehead atoms. The minimum absolute atomic E-state index is 0.207. The van der Waals surface area contributed by atoms with Crippen molar-refractivity contribution in [1.29, 1.82) is 0 Å². The van der Waals surface area contributed by atoms with Crippen LogP contribution in [0.2, 0.25) is 0 Å². The highest BCUT2D eigenvalue weighted by molar-refractivity contribution is 5.66. The molecule has 0 heterocycles. The summed E-state index contributed by atoms with van der Waals surface area (Å²) in [7, 11) is 0. The van der Waals surface area contributed by atoms with Gasteiger partial charge in [-0.25, -0.2) is 0 Å². The van der Waals surface area contributed by atoms with Crippen LogP contribution >= 0.6 is 0 Å². The van der Waals surface area contributed by atoms with Gasteiger partial charge in [0.05, 0.1) is 12.2 Å². The molecule has 0 aliphatic heterocycles. The van der Waals surface area contributed by atoms with Gasteiger partial charge in [-0.15, -0.1) is 0 Å². The lowest BCUT2D eigenvalue weighted by Crippen LogP contribution is -2.33. The SMILES string of the molecule is CC(=O)OC(C)(C)CCOC(C)(C)CCN. The number of carbonyl (C=O) groups excluding carboxylic acids is 1. The van der Waals surface area contributed by atoms with Crippen LogP contribution in [0.25, 0.3) is 0 Å². The molecule has 0 aliphatic carbocycles. The van der Waals surface area contributed by atoms with Crippen molar-refractivity contribution >= 4 is 5.97 Å². The second kappa shape index (κ2) is 6.21. The van der Waals surface area contributed by atoms with E-state index >= 15 is 0 Å². The normalized spacial score (nSPS) is 12.6. The van der Waals surface area contributed by atoms with Crippen molar-refractivity contribution < 1.29 is 14.3 Å². The number of nitrogens with two attached hydrogens (primary N) is 1. The molecule has 0 aliphatic rings. The Morgan fingerprint density at radius 3 is 2.12 bits per heavy atom. The molecule has 0 aromatic rings. The van der Waals surface area contributed by atoms with Crippen LogP contribution in [0, 0.1) is 0 Å². The van der Waals surface area contributed by atoms with Gasteiger partial charge in [0.2, 0.25) is 0 Å². The molecule has 96 valence electrons. The van der Waals surface area contributed by atoms with Gasteiger partial charge in [0.1, 0.15) is 5.60 Å². The number of rotatable bonds is 7. The fraction of sp³-hybridized carbons (Fsp3) is 0.917. The molecular formula is C12H25NO3. The van der Waals surface area contributed by atoms with Gasteiger partial charge in [-0.1, -0.05) is 0 Å². The predicted octanol–water partition coefficient (Wildman–Crippen LogP) is 1.86. The van der Waals surface area contributed by atoms with Crippen molar-refractivity contribution in [2.75, 3.05) is 13.2 Å². The van der Waals surface area contributed by atoms with E-state index < -0.39 is 5.60 Å². The summed E-state index contributed by atoms with van der Waals surface area (Å²) >= 11 is 0. The predicted molar refractivity (Wildman–Crippen MR) is 64.2 cm³/mol. The number of carbonyl (C=O) groups is 1. The Labute approximate surface area is 98.5 Å². The second-order valence-electron chi connectivity index (χ2n) is 5.25. The van der Waals surface area contributed by atoms with Gasteiger partial charge in [-0.3, -0.25) is 4.79 Å². The van der Waals surface area contributed by atoms with Crippen molar-refractivity contribution in [1.82, 2.24) is 0 Å². The average molecular weight is 231 g/mol. The van der Waals surface area contributed by atoms with E-state index in [4.69, 9.17) is 15.2 Å². The van der Waals surface area contributed by atoms with Gasteiger partial charge < -0.3 is 15.2 Å². The molecule has 0 unspecified atom stereocenters. The van der Waals surface area contributed by atoms with Crippen LogP contribution in [0.4, 0.5) is 0 Å². The van der Waals surface area contributed by atoms with Crippen LogP contribution in [0.3, 0.4) is 0 Å². The second-order valence-corrected chi connectivity index (χ2v) is 5.25. The van der Waals surface area contributed by atoms with E-state index in [1.54, 1.807) is 0 Å². The Hall–Kier alpha value is -0.610. The highest BCUT2D eigenvalue weighted by atomic mass is 16.6. The molecule has 0 atom stereocenters. The largest absolute Gasteiger partial charge is 0.460 e. The van der Waals surface area contributed by atoms with Crippen LogP contribution in [0.5, 0.6) is 0 Å². The van der Waals surface area contributed by atoms with Crippen LogP contribution in [0.1, 0.15) is 47.5 Å². The highest BCUT2D eigenvalue weighted by Gasteiger charge is 2.23. The Morgan fingerprint density at radius 2 is 1.69 bits per heavy atom. The first kappa shape index (κ1) is 15.4. The Balaban J connectivity index is 3.92. The molecule has 0 saturated heterocycles. The molecular weight excluding hydrogens is 206 g/mol. The van der Waals surface area contributed by atoms with Gasteiger partial charge in [-0.2, -0.15) is 0 Å². The van der Waals surface area contributed by atoms with Crippen molar-refractivity contribution in [2.45, 2.75) is 58.7 Å². The molecule has 0 spiro atoms. The molecule has 0 radical (unpaired) electrons. The zero-order valence-corrected chi connectivity index (χ0v) is 11.1. The average Bonchev–Trinajstić information content (AvgIpc) is 1.99. The first-order valence-electron chi connectivity index (χ1n) is 5.72. The molecule has 0 rings (SSSR count). The maximum absolute atomic E-state index is 10.8. The van der Waals surface area contributed by atoms with Gasteiger partial charge in [0.25, 0.3) is 0 Å². The van der Waals surface area contributed by atoms with Gasteiger partial charge in [0, 0.05) is 13.3 Å². The van der Waals surface area contributed by atoms with Gasteiger partial charge in [0.15, 0.2) is 0 Å². The number of hydrogen-bond acceptors (Lipinski definition) is 4. The van der Waals surface area contributed by atoms with E-state index in [1.807, 2.05) is 27.7 Å². The molecule has 4 heteroatoms. The summed E-state index contributed by atoms with van der Waals surface area (Å²) in [5, 5.41) is 0. The lowest BCUT2D eigenvalue weighted by molar-refractivity contribution is -0.156. The summed E-state index contributed by atoms with van der Waals surface area (Å²) in [6, 6.07) is 0. The van der Waals surface area contributed by atoms with E-state index in [0.29, 0.717) is 19.6 Å². The van der Waals surface area contributed by atoms with Crippen molar-refractivity contribution in [3.05, 3.63) is 0 Å². The Morgan fingerprint density at radius 1 is 1.12 bits per heavy atom. The number of ether oxygens (including phenoxy) is 2. The minimum Gasteiger partial charge on any atom is -0.460 e. The molecule has 0 aromatic carbocycles. The van der Waals surface area contributed by atoms with Crippen LogP contribution < -0.4 is 5.73 Å². The van der Waals surface area contributed by atoms with Crippen molar-refractivity contribution in [2.24, 2.45) is 5.73 Å². The van der Waals surface area contributed by atoms with Crippen LogP contribution in [0.15, 0.2) is 0 Å². The molecule has 4 nitrogen and oxygen atoms in total. The third-order valence-electron chi connectivity index (χ3n) is 2.36. The summed E-state index contributed by atoms with van der Waals surface area (Å²) in [6.45, 7) is 10.4. The molecule has 0 fully saturated rings. The minimum atomic E-state index is -0.468. The topological polar surface area (TPSA) is 61.5 Å². The smallest absolute Gasteiger partial charge is 0.303 e. The number of hydrogen-bond donors (Lipinski definition) is 1. The fourth-order valence-electron chi connectivity index (χ4n) is 1.43. The maximum Gasteiger partial charge on any atom is 0.303 e. The highest BCUT2D eigenvalue weighted by Crippen LogP contribution is 2.19. The van der Waals surface area contributed by atoms with Gasteiger partial charge >= 0.3 is 5.97 Å². The fourth-order valence-corrected chi connectivity index (χ4v) is 1.43. The summed E-state index contributed by atoms with van der Waals surface area (Å²) < 4.78 is 10.9. The molecule has 16 heavy (non-hydrogen) atoms. The quantitative estimate of drug-likeness (QED) is 0.679. The number of esters is 1. The Bertz CT molecular complexity index is 224. The molecule has 0 saturated carbocycles. The van der Waals surface area contributed by atoms with E-state index in [1.165, 1.54) is 6.92 Å². The standard InChI is InChI=1S/C12H25NO3/c1-10(14)16-12(4,5)7-9-15-11(2,3)6-8-13/h6-9,13H2,1-5H3. The summed E-state index contributed by atoms with van der Waals surface area (Å²) in [5.74, 6) is -0.258. The molecule has 0 aromatic heterocycles. The maximum atomic E-state index is 10.8. The Kier molecular flexibility index (Phi) is 5.97. The lowest BCUT2D eigenvalue weighted by Gasteiger charge is -2.29. The summed E-state index contributed by atoms with van der Waals surface area (Å²) in [6.07, 6.45) is 1.50. The summed E-state index contributed by atoms with van der Waals surface area (Å²) in [5.41, 5.74) is 4.81. The van der Waals surface area contributed by atoms with Crippen LogP contribution in [-0.2, 0) is 14.3 Å². The third-order valence-corrected chi connectivity index (χ3v) is 2.36. The van der Waals surface area contributed by atoms with E-state index in [-0.39, 0.29) is 11.6 Å². The van der Waals surface area contributed by atoms with E-state index in [2.05, 4.69) is 0 Å². The zero-order chi connectivity index (χ0) is 12.8. The third kappa shape index (κ3) is 7.65. The van der Waals surface area contributed by atoms with Crippen molar-refractivity contribution in [3.8, 4) is 0 Å². The monoisotopic (exact) mass is 231 g/mol. The first-order valence-corrected chi connectivity index (χ1v) is 5.72. The van der Waals surface area contributed by atoms with Crippen molar-refractivity contribution in [3.63, 3.8) is 0 Å². The lowest BCUT2D eigenvalue weighted by atomic mass is 10.0. The molecule has 2 N–H and O–H groups in total. The van der Waals surface area contributed by atoms with Gasteiger partial charge in [-0.05, 0) is 40.7 Å². The molecule has 0 amide bonds. The van der Waals surface area contributed by atoms with E-state index in [0.717, 1.165) is 6.42 Å². The summed E-state index contributed by atoms with van der Waals surface area (Å²) in [4.78, 5) is 10.8.